The average molecular weight is 932 g/mol. The Bertz CT molecular complexity index is 3900. The van der Waals surface area contributed by atoms with Crippen LogP contribution in [0.5, 0.6) is 0 Å². The van der Waals surface area contributed by atoms with E-state index in [0.717, 1.165) is 17.1 Å². The molecule has 0 aliphatic heterocycles. The number of hydrogen-bond acceptors (Lipinski definition) is 1. The second-order valence-electron chi connectivity index (χ2n) is 20.9. The highest BCUT2D eigenvalue weighted by molar-refractivity contribution is 5.93. The van der Waals surface area contributed by atoms with E-state index in [2.05, 4.69) is 293 Å². The molecule has 1 nitrogen and oxygen atoms in total. The van der Waals surface area contributed by atoms with Crippen LogP contribution in [0.3, 0.4) is 0 Å². The summed E-state index contributed by atoms with van der Waals surface area (Å²) in [6, 6.07) is 99.9. The van der Waals surface area contributed by atoms with Gasteiger partial charge >= 0.3 is 0 Å². The van der Waals surface area contributed by atoms with Gasteiger partial charge in [-0.05, 0) is 155 Å². The Hall–Kier alpha value is -8.78. The standard InChI is InChI=1S/C72H53N/c1-70(2)64-34-16-13-31-60(64)63-33-20-32-57(69(63)70)50-21-19-28-55(45-50)73(56-42-44-62-59-30-15-18-36-66(59)72(68(62)47-56,52-24-9-5-10-25-52)53-26-11-6-12-27-53)54-40-37-48(38-41-54)49-39-43-61-58-29-14-17-35-65(58)71(3,67(61)46-49)51-22-7-4-8-23-51/h4-47H,1-3H3. The van der Waals surface area contributed by atoms with Gasteiger partial charge in [-0.3, -0.25) is 0 Å². The summed E-state index contributed by atoms with van der Waals surface area (Å²) in [6.07, 6.45) is 0. The number of anilines is 3. The summed E-state index contributed by atoms with van der Waals surface area (Å²) in [5.74, 6) is 0. The molecule has 0 aromatic heterocycles. The maximum atomic E-state index is 2.48. The van der Waals surface area contributed by atoms with Gasteiger partial charge in [0.2, 0.25) is 0 Å². The maximum Gasteiger partial charge on any atom is 0.0714 e. The molecule has 14 rings (SSSR count). The van der Waals surface area contributed by atoms with Crippen LogP contribution < -0.4 is 4.90 Å². The first kappa shape index (κ1) is 43.0. The van der Waals surface area contributed by atoms with E-state index in [9.17, 15) is 0 Å². The molecule has 0 saturated carbocycles. The normalized spacial score (nSPS) is 15.9. The molecule has 1 unspecified atom stereocenters. The fourth-order valence-electron chi connectivity index (χ4n) is 13.5. The first-order chi connectivity index (χ1) is 35.8. The van der Waals surface area contributed by atoms with Gasteiger partial charge in [-0.15, -0.1) is 0 Å². The highest BCUT2D eigenvalue weighted by Gasteiger charge is 2.47. The molecule has 11 aromatic rings. The highest BCUT2D eigenvalue weighted by atomic mass is 15.1. The van der Waals surface area contributed by atoms with Crippen molar-refractivity contribution in [2.24, 2.45) is 0 Å². The molecule has 11 aromatic carbocycles. The molecule has 0 N–H and O–H groups in total. The molecule has 0 saturated heterocycles. The molecule has 73 heavy (non-hydrogen) atoms. The molecule has 1 heteroatoms. The van der Waals surface area contributed by atoms with Crippen molar-refractivity contribution in [3.63, 3.8) is 0 Å². The number of fused-ring (bicyclic) bond motifs is 9. The van der Waals surface area contributed by atoms with Crippen LogP contribution in [-0.2, 0) is 16.2 Å². The van der Waals surface area contributed by atoms with Gasteiger partial charge in [0.1, 0.15) is 0 Å². The molecule has 0 amide bonds. The van der Waals surface area contributed by atoms with E-state index in [-0.39, 0.29) is 10.8 Å². The van der Waals surface area contributed by atoms with E-state index in [1.165, 1.54) is 106 Å². The summed E-state index contributed by atoms with van der Waals surface area (Å²) in [6.45, 7) is 7.17. The van der Waals surface area contributed by atoms with Crippen molar-refractivity contribution in [2.75, 3.05) is 4.90 Å². The lowest BCUT2D eigenvalue weighted by molar-refractivity contribution is 0.662. The summed E-state index contributed by atoms with van der Waals surface area (Å²) < 4.78 is 0. The zero-order valence-electron chi connectivity index (χ0n) is 41.4. The first-order valence-corrected chi connectivity index (χ1v) is 25.7. The van der Waals surface area contributed by atoms with E-state index >= 15 is 0 Å². The minimum Gasteiger partial charge on any atom is -0.310 e. The SMILES string of the molecule is CC1(C)c2ccccc2-c2cccc(-c3cccc(N(c4ccc(-c5ccc6c(c5)C(C)(c5ccccc5)c5ccccc5-6)cc4)c4ccc5c(c4)C(c4ccccc4)(c4ccccc4)c4ccccc4-5)c3)c21. The Morgan fingerprint density at radius 3 is 1.41 bits per heavy atom. The third-order valence-electron chi connectivity index (χ3n) is 16.8. The Morgan fingerprint density at radius 1 is 0.260 bits per heavy atom. The largest absolute Gasteiger partial charge is 0.310 e. The minimum atomic E-state index is -0.533. The van der Waals surface area contributed by atoms with Gasteiger partial charge in [-0.2, -0.15) is 0 Å². The topological polar surface area (TPSA) is 3.24 Å². The van der Waals surface area contributed by atoms with Crippen molar-refractivity contribution in [3.8, 4) is 55.6 Å². The Balaban J connectivity index is 0.948. The van der Waals surface area contributed by atoms with E-state index in [1.807, 2.05) is 0 Å². The van der Waals surface area contributed by atoms with Crippen LogP contribution in [0.4, 0.5) is 17.1 Å². The lowest BCUT2D eigenvalue weighted by Gasteiger charge is -2.35. The number of hydrogen-bond donors (Lipinski definition) is 0. The van der Waals surface area contributed by atoms with Crippen LogP contribution in [0.15, 0.2) is 267 Å². The number of benzene rings is 11. The molecule has 1 atom stereocenters. The predicted octanol–water partition coefficient (Wildman–Crippen LogP) is 18.5. The highest BCUT2D eigenvalue weighted by Crippen LogP contribution is 2.58. The molecule has 0 bridgehead atoms. The molecule has 346 valence electrons. The van der Waals surface area contributed by atoms with Crippen LogP contribution in [0, 0.1) is 0 Å². The van der Waals surface area contributed by atoms with Gasteiger partial charge in [-0.1, -0.05) is 238 Å². The van der Waals surface area contributed by atoms with Crippen LogP contribution in [-0.4, -0.2) is 0 Å². The fourth-order valence-corrected chi connectivity index (χ4v) is 13.5. The molecule has 3 aliphatic carbocycles. The molecular weight excluding hydrogens is 879 g/mol. The van der Waals surface area contributed by atoms with Gasteiger partial charge < -0.3 is 4.90 Å². The molecule has 3 aliphatic rings. The smallest absolute Gasteiger partial charge is 0.0714 e. The maximum absolute atomic E-state index is 2.48. The third-order valence-corrected chi connectivity index (χ3v) is 16.8. The van der Waals surface area contributed by atoms with Gasteiger partial charge in [-0.25, -0.2) is 0 Å². The van der Waals surface area contributed by atoms with E-state index in [1.54, 1.807) is 0 Å². The average Bonchev–Trinajstić information content (AvgIpc) is 4.00. The van der Waals surface area contributed by atoms with Crippen molar-refractivity contribution in [1.82, 2.24) is 0 Å². The van der Waals surface area contributed by atoms with Crippen molar-refractivity contribution in [2.45, 2.75) is 37.0 Å². The summed E-state index contributed by atoms with van der Waals surface area (Å²) in [4.78, 5) is 2.48. The number of nitrogens with zero attached hydrogens (tertiary/aromatic N) is 1. The first-order valence-electron chi connectivity index (χ1n) is 25.7. The molecule has 0 spiro atoms. The molecular formula is C72H53N. The lowest BCUT2D eigenvalue weighted by Crippen LogP contribution is -2.28. The predicted molar refractivity (Wildman–Crippen MR) is 304 cm³/mol. The summed E-state index contributed by atoms with van der Waals surface area (Å²) >= 11 is 0. The quantitative estimate of drug-likeness (QED) is 0.147. The molecule has 0 radical (unpaired) electrons. The number of rotatable bonds is 8. The third kappa shape index (κ3) is 6.28. The second kappa shape index (κ2) is 16.4. The Labute approximate surface area is 429 Å². The van der Waals surface area contributed by atoms with Crippen molar-refractivity contribution in [3.05, 3.63) is 317 Å². The molecule has 0 heterocycles. The van der Waals surface area contributed by atoms with Crippen LogP contribution in [0.25, 0.3) is 55.6 Å². The minimum absolute atomic E-state index is 0.153. The Kier molecular flexibility index (Phi) is 9.66. The van der Waals surface area contributed by atoms with Gasteiger partial charge in [0.05, 0.1) is 5.41 Å². The summed E-state index contributed by atoms with van der Waals surface area (Å²) in [5.41, 5.74) is 26.9. The van der Waals surface area contributed by atoms with Crippen molar-refractivity contribution >= 4 is 17.1 Å². The monoisotopic (exact) mass is 931 g/mol. The van der Waals surface area contributed by atoms with Crippen LogP contribution in [0.1, 0.15) is 70.8 Å². The van der Waals surface area contributed by atoms with E-state index in [4.69, 9.17) is 0 Å². The zero-order chi connectivity index (χ0) is 48.9. The fraction of sp³-hybridized carbons (Fsp3) is 0.0833. The van der Waals surface area contributed by atoms with Crippen LogP contribution >= 0.6 is 0 Å². The zero-order valence-corrected chi connectivity index (χ0v) is 41.4. The Morgan fingerprint density at radius 2 is 0.726 bits per heavy atom. The van der Waals surface area contributed by atoms with Crippen molar-refractivity contribution < 1.29 is 0 Å². The van der Waals surface area contributed by atoms with Crippen LogP contribution in [0.2, 0.25) is 0 Å². The lowest BCUT2D eigenvalue weighted by atomic mass is 9.67. The summed E-state index contributed by atoms with van der Waals surface area (Å²) in [5, 5.41) is 0. The second-order valence-corrected chi connectivity index (χ2v) is 20.9. The molecule has 0 fully saturated rings. The van der Waals surface area contributed by atoms with Gasteiger partial charge in [0.15, 0.2) is 0 Å². The van der Waals surface area contributed by atoms with E-state index in [0.29, 0.717) is 0 Å². The van der Waals surface area contributed by atoms with E-state index < -0.39 is 5.41 Å². The van der Waals surface area contributed by atoms with Gasteiger partial charge in [0, 0.05) is 27.9 Å². The summed E-state index contributed by atoms with van der Waals surface area (Å²) in [7, 11) is 0. The van der Waals surface area contributed by atoms with Crippen molar-refractivity contribution in [1.29, 1.82) is 0 Å². The van der Waals surface area contributed by atoms with Gasteiger partial charge in [0.25, 0.3) is 0 Å².